The summed E-state index contributed by atoms with van der Waals surface area (Å²) in [7, 11) is -1.76. The number of hydrogen-bond donors (Lipinski definition) is 0. The zero-order valence-corrected chi connectivity index (χ0v) is 15.1. The number of sulfonamides is 1. The highest BCUT2D eigenvalue weighted by molar-refractivity contribution is 7.89. The number of amides is 1. The van der Waals surface area contributed by atoms with Gasteiger partial charge >= 0.3 is 0 Å². The van der Waals surface area contributed by atoms with Crippen LogP contribution in [0.4, 0.5) is 0 Å². The zero-order valence-electron chi connectivity index (χ0n) is 14.3. The molecule has 6 heteroatoms. The van der Waals surface area contributed by atoms with E-state index in [1.54, 1.807) is 44.0 Å². The fraction of sp³-hybridized carbons (Fsp3) is 0.588. The summed E-state index contributed by atoms with van der Waals surface area (Å²) >= 11 is 0. The van der Waals surface area contributed by atoms with Crippen molar-refractivity contribution in [2.24, 2.45) is 5.92 Å². The molecular formula is C17H26N2O3S. The molecule has 0 saturated heterocycles. The van der Waals surface area contributed by atoms with Gasteiger partial charge in [0.15, 0.2) is 0 Å². The lowest BCUT2D eigenvalue weighted by Gasteiger charge is -2.25. The topological polar surface area (TPSA) is 57.7 Å². The van der Waals surface area contributed by atoms with E-state index in [9.17, 15) is 13.2 Å². The number of carbonyl (C=O) groups is 1. The van der Waals surface area contributed by atoms with Gasteiger partial charge in [0, 0.05) is 31.7 Å². The average molecular weight is 338 g/mol. The molecule has 0 aliphatic heterocycles. The van der Waals surface area contributed by atoms with Crippen molar-refractivity contribution in [3.63, 3.8) is 0 Å². The number of rotatable bonds is 7. The molecule has 1 aromatic rings. The van der Waals surface area contributed by atoms with Crippen molar-refractivity contribution >= 4 is 15.9 Å². The maximum atomic E-state index is 12.6. The molecule has 1 saturated carbocycles. The molecule has 128 valence electrons. The van der Waals surface area contributed by atoms with Crippen LogP contribution in [0.3, 0.4) is 0 Å². The maximum Gasteiger partial charge on any atom is 0.253 e. The second-order valence-corrected chi connectivity index (χ2v) is 8.05. The number of benzene rings is 1. The first-order chi connectivity index (χ1) is 10.8. The van der Waals surface area contributed by atoms with Crippen molar-refractivity contribution < 1.29 is 13.2 Å². The summed E-state index contributed by atoms with van der Waals surface area (Å²) < 4.78 is 26.6. The Morgan fingerprint density at radius 1 is 1.26 bits per heavy atom. The van der Waals surface area contributed by atoms with Crippen LogP contribution in [-0.4, -0.2) is 49.7 Å². The first-order valence-electron chi connectivity index (χ1n) is 8.20. The van der Waals surface area contributed by atoms with E-state index in [4.69, 9.17) is 0 Å². The zero-order chi connectivity index (χ0) is 17.2. The first-order valence-corrected chi connectivity index (χ1v) is 9.64. The second kappa shape index (κ2) is 7.01. The van der Waals surface area contributed by atoms with Crippen LogP contribution in [-0.2, 0) is 10.0 Å². The Bertz CT molecular complexity index is 664. The van der Waals surface area contributed by atoms with E-state index in [1.165, 1.54) is 10.4 Å². The summed E-state index contributed by atoms with van der Waals surface area (Å²) in [5, 5.41) is 0. The van der Waals surface area contributed by atoms with Gasteiger partial charge in [-0.05, 0) is 43.9 Å². The van der Waals surface area contributed by atoms with E-state index >= 15 is 0 Å². The molecular weight excluding hydrogens is 312 g/mol. The van der Waals surface area contributed by atoms with E-state index in [0.29, 0.717) is 24.6 Å². The molecule has 23 heavy (non-hydrogen) atoms. The highest BCUT2D eigenvalue weighted by Gasteiger charge is 2.33. The smallest absolute Gasteiger partial charge is 0.253 e. The van der Waals surface area contributed by atoms with Gasteiger partial charge < -0.3 is 4.90 Å². The van der Waals surface area contributed by atoms with Gasteiger partial charge in [0.25, 0.3) is 5.91 Å². The van der Waals surface area contributed by atoms with Gasteiger partial charge in [0.2, 0.25) is 10.0 Å². The van der Waals surface area contributed by atoms with Gasteiger partial charge in [-0.2, -0.15) is 4.31 Å². The summed E-state index contributed by atoms with van der Waals surface area (Å²) in [6.07, 6.45) is 2.32. The lowest BCUT2D eigenvalue weighted by atomic mass is 10.1. The molecule has 0 bridgehead atoms. The first kappa shape index (κ1) is 17.9. The summed E-state index contributed by atoms with van der Waals surface area (Å²) in [4.78, 5) is 14.5. The highest BCUT2D eigenvalue weighted by Crippen LogP contribution is 2.35. The Labute approximate surface area is 139 Å². The Hall–Kier alpha value is -1.40. The molecule has 1 atom stereocenters. The number of hydrogen-bond acceptors (Lipinski definition) is 3. The molecule has 1 fully saturated rings. The molecule has 0 radical (unpaired) electrons. The molecule has 1 aromatic carbocycles. The predicted molar refractivity (Wildman–Crippen MR) is 90.8 cm³/mol. The summed E-state index contributed by atoms with van der Waals surface area (Å²) in [6.45, 7) is 6.49. The largest absolute Gasteiger partial charge is 0.339 e. The molecule has 2 rings (SSSR count). The lowest BCUT2D eigenvalue weighted by molar-refractivity contribution is 0.0727. The summed E-state index contributed by atoms with van der Waals surface area (Å²) in [6, 6.07) is 6.55. The molecule has 0 aromatic heterocycles. The van der Waals surface area contributed by atoms with Crippen LogP contribution in [0.25, 0.3) is 0 Å². The molecule has 1 aliphatic carbocycles. The van der Waals surface area contributed by atoms with E-state index in [0.717, 1.165) is 12.8 Å². The highest BCUT2D eigenvalue weighted by atomic mass is 32.2. The minimum Gasteiger partial charge on any atom is -0.339 e. The Morgan fingerprint density at radius 3 is 2.39 bits per heavy atom. The van der Waals surface area contributed by atoms with Crippen LogP contribution < -0.4 is 0 Å². The number of nitrogens with zero attached hydrogens (tertiary/aromatic N) is 2. The fourth-order valence-corrected chi connectivity index (χ4v) is 4.29. The second-order valence-electron chi connectivity index (χ2n) is 6.11. The van der Waals surface area contributed by atoms with Gasteiger partial charge in [0.1, 0.15) is 0 Å². The Balaban J connectivity index is 2.27. The molecule has 1 aliphatic rings. The molecule has 1 amide bonds. The average Bonchev–Trinajstić information content (AvgIpc) is 3.38. The van der Waals surface area contributed by atoms with Crippen molar-refractivity contribution in [3.8, 4) is 0 Å². The Morgan fingerprint density at radius 2 is 1.87 bits per heavy atom. The normalized spacial score (nSPS) is 16.4. The third kappa shape index (κ3) is 3.75. The van der Waals surface area contributed by atoms with Gasteiger partial charge in [-0.15, -0.1) is 0 Å². The number of carbonyl (C=O) groups excluding carboxylic acids is 1. The monoisotopic (exact) mass is 338 g/mol. The van der Waals surface area contributed by atoms with Gasteiger partial charge in [-0.25, -0.2) is 8.42 Å². The maximum absolute atomic E-state index is 12.6. The lowest BCUT2D eigenvalue weighted by Crippen LogP contribution is -2.36. The molecule has 1 unspecified atom stereocenters. The molecule has 5 nitrogen and oxygen atoms in total. The van der Waals surface area contributed by atoms with Crippen molar-refractivity contribution in [2.45, 2.75) is 44.6 Å². The van der Waals surface area contributed by atoms with E-state index in [1.807, 2.05) is 6.92 Å². The van der Waals surface area contributed by atoms with Gasteiger partial charge in [0.05, 0.1) is 4.90 Å². The van der Waals surface area contributed by atoms with Crippen molar-refractivity contribution in [3.05, 3.63) is 29.8 Å². The van der Waals surface area contributed by atoms with Gasteiger partial charge in [-0.3, -0.25) is 4.79 Å². The van der Waals surface area contributed by atoms with Crippen molar-refractivity contribution in [2.75, 3.05) is 20.1 Å². The predicted octanol–water partition coefficient (Wildman–Crippen LogP) is 2.59. The van der Waals surface area contributed by atoms with Crippen molar-refractivity contribution in [1.29, 1.82) is 0 Å². The Kier molecular flexibility index (Phi) is 5.47. The van der Waals surface area contributed by atoms with Crippen LogP contribution in [0.5, 0.6) is 0 Å². The van der Waals surface area contributed by atoms with Crippen LogP contribution in [0, 0.1) is 5.92 Å². The minimum atomic E-state index is -3.54. The SMILES string of the molecule is CCN(CC)S(=O)(=O)c1cccc(C(=O)N(C)C(C)C2CC2)c1. The van der Waals surface area contributed by atoms with Crippen LogP contribution in [0.1, 0.15) is 44.0 Å². The van der Waals surface area contributed by atoms with Crippen LogP contribution in [0.2, 0.25) is 0 Å². The van der Waals surface area contributed by atoms with E-state index in [2.05, 4.69) is 0 Å². The molecule has 0 N–H and O–H groups in total. The molecule has 0 spiro atoms. The van der Waals surface area contributed by atoms with Crippen LogP contribution >= 0.6 is 0 Å². The third-order valence-corrected chi connectivity index (χ3v) is 6.71. The summed E-state index contributed by atoms with van der Waals surface area (Å²) in [5.41, 5.74) is 0.424. The minimum absolute atomic E-state index is 0.124. The van der Waals surface area contributed by atoms with E-state index < -0.39 is 10.0 Å². The standard InChI is InChI=1S/C17H26N2O3S/c1-5-19(6-2)23(21,22)16-9-7-8-15(12-16)17(20)18(4)13(3)14-10-11-14/h7-9,12-14H,5-6,10-11H2,1-4H3. The fourth-order valence-electron chi connectivity index (χ4n) is 2.79. The van der Waals surface area contributed by atoms with Gasteiger partial charge in [-0.1, -0.05) is 19.9 Å². The molecule has 0 heterocycles. The third-order valence-electron chi connectivity index (χ3n) is 4.66. The van der Waals surface area contributed by atoms with Crippen LogP contribution in [0.15, 0.2) is 29.2 Å². The quantitative estimate of drug-likeness (QED) is 0.768. The summed E-state index contributed by atoms with van der Waals surface area (Å²) in [5.74, 6) is 0.451. The van der Waals surface area contributed by atoms with Crippen molar-refractivity contribution in [1.82, 2.24) is 9.21 Å². The van der Waals surface area contributed by atoms with E-state index in [-0.39, 0.29) is 16.8 Å².